The molecule has 104 valence electrons. The van der Waals surface area contributed by atoms with Crippen LogP contribution in [0.2, 0.25) is 0 Å². The number of rotatable bonds is 4. The van der Waals surface area contributed by atoms with Gasteiger partial charge in [-0.25, -0.2) is 9.37 Å². The van der Waals surface area contributed by atoms with Gasteiger partial charge in [-0.15, -0.1) is 0 Å². The summed E-state index contributed by atoms with van der Waals surface area (Å²) in [4.78, 5) is 16.1. The number of benzene rings is 1. The molecule has 0 aliphatic rings. The predicted molar refractivity (Wildman–Crippen MR) is 77.5 cm³/mol. The van der Waals surface area contributed by atoms with Crippen molar-refractivity contribution in [2.45, 2.75) is 13.8 Å². The minimum Gasteiger partial charge on any atom is -0.384 e. The largest absolute Gasteiger partial charge is 0.384 e. The fraction of sp³-hybridized carbons (Fsp3) is 0.200. The molecule has 2 aromatic rings. The van der Waals surface area contributed by atoms with E-state index < -0.39 is 0 Å². The van der Waals surface area contributed by atoms with E-state index in [2.05, 4.69) is 15.6 Å². The molecular weight excluding hydrogens is 257 g/mol. The zero-order chi connectivity index (χ0) is 14.5. The Kier molecular flexibility index (Phi) is 4.30. The Balaban J connectivity index is 2.13. The van der Waals surface area contributed by atoms with Crippen molar-refractivity contribution in [3.63, 3.8) is 0 Å². The van der Waals surface area contributed by atoms with Crippen LogP contribution in [0.4, 0.5) is 15.8 Å². The van der Waals surface area contributed by atoms with Crippen LogP contribution in [0.1, 0.15) is 23.0 Å². The number of aromatic nitrogens is 1. The highest BCUT2D eigenvalue weighted by Gasteiger charge is 2.10. The monoisotopic (exact) mass is 273 g/mol. The van der Waals surface area contributed by atoms with E-state index in [0.29, 0.717) is 11.3 Å². The van der Waals surface area contributed by atoms with Crippen LogP contribution >= 0.6 is 0 Å². The summed E-state index contributed by atoms with van der Waals surface area (Å²) in [6.45, 7) is 4.38. The Morgan fingerprint density at radius 2 is 2.10 bits per heavy atom. The van der Waals surface area contributed by atoms with Gasteiger partial charge < -0.3 is 10.6 Å². The normalized spacial score (nSPS) is 10.2. The number of halogens is 1. The van der Waals surface area contributed by atoms with Crippen LogP contribution in [0.15, 0.2) is 36.5 Å². The lowest BCUT2D eigenvalue weighted by atomic mass is 10.2. The molecule has 0 bridgehead atoms. The number of amides is 1. The molecule has 0 radical (unpaired) electrons. The van der Waals surface area contributed by atoms with Gasteiger partial charge in [0.15, 0.2) is 0 Å². The third kappa shape index (κ3) is 3.12. The first-order valence-corrected chi connectivity index (χ1v) is 6.38. The zero-order valence-electron chi connectivity index (χ0n) is 11.4. The molecule has 2 rings (SSSR count). The van der Waals surface area contributed by atoms with Crippen molar-refractivity contribution in [1.82, 2.24) is 4.98 Å². The smallest absolute Gasteiger partial charge is 0.274 e. The minimum absolute atomic E-state index is 0.287. The molecule has 0 saturated carbocycles. The molecule has 1 amide bonds. The zero-order valence-corrected chi connectivity index (χ0v) is 11.4. The van der Waals surface area contributed by atoms with Gasteiger partial charge in [0.2, 0.25) is 0 Å². The minimum atomic E-state index is -0.359. The van der Waals surface area contributed by atoms with E-state index in [1.165, 1.54) is 6.07 Å². The summed E-state index contributed by atoms with van der Waals surface area (Å²) in [5.41, 5.74) is 2.00. The molecule has 0 atom stereocenters. The summed E-state index contributed by atoms with van der Waals surface area (Å²) >= 11 is 0. The summed E-state index contributed by atoms with van der Waals surface area (Å²) < 4.78 is 13.4. The first kappa shape index (κ1) is 14.0. The van der Waals surface area contributed by atoms with Crippen molar-refractivity contribution in [2.24, 2.45) is 0 Å². The number of anilines is 2. The van der Waals surface area contributed by atoms with Gasteiger partial charge >= 0.3 is 0 Å². The van der Waals surface area contributed by atoms with Gasteiger partial charge in [0.05, 0.1) is 11.9 Å². The van der Waals surface area contributed by atoms with Gasteiger partial charge in [-0.05, 0) is 38.1 Å². The fourth-order valence-corrected chi connectivity index (χ4v) is 1.77. The number of nitrogens with zero attached hydrogens (tertiary/aromatic N) is 1. The Bertz CT molecular complexity index is 611. The van der Waals surface area contributed by atoms with E-state index in [0.717, 1.165) is 12.2 Å². The predicted octanol–water partition coefficient (Wildman–Crippen LogP) is 3.21. The molecule has 1 heterocycles. The summed E-state index contributed by atoms with van der Waals surface area (Å²) in [5.74, 6) is -0.708. The van der Waals surface area contributed by atoms with E-state index >= 15 is 0 Å². The number of hydrogen-bond acceptors (Lipinski definition) is 3. The molecule has 0 saturated heterocycles. The molecule has 4 nitrogen and oxygen atoms in total. The quantitative estimate of drug-likeness (QED) is 0.899. The highest BCUT2D eigenvalue weighted by molar-refractivity contribution is 6.03. The Labute approximate surface area is 117 Å². The molecule has 20 heavy (non-hydrogen) atoms. The SMILES string of the molecule is CCNc1ccc(C(=O)Nc2cccc(F)c2C)nc1. The molecule has 0 unspecified atom stereocenters. The molecule has 0 spiro atoms. The van der Waals surface area contributed by atoms with E-state index in [4.69, 9.17) is 0 Å². The summed E-state index contributed by atoms with van der Waals surface area (Å²) in [7, 11) is 0. The van der Waals surface area contributed by atoms with Gasteiger partial charge in [-0.1, -0.05) is 6.07 Å². The summed E-state index contributed by atoms with van der Waals surface area (Å²) in [6, 6.07) is 7.98. The highest BCUT2D eigenvalue weighted by atomic mass is 19.1. The molecular formula is C15H16FN3O. The lowest BCUT2D eigenvalue weighted by molar-refractivity contribution is 0.102. The number of carbonyl (C=O) groups is 1. The third-order valence-electron chi connectivity index (χ3n) is 2.89. The van der Waals surface area contributed by atoms with Gasteiger partial charge in [-0.2, -0.15) is 0 Å². The average molecular weight is 273 g/mol. The Hall–Kier alpha value is -2.43. The van der Waals surface area contributed by atoms with Crippen molar-refractivity contribution in [1.29, 1.82) is 0 Å². The molecule has 0 aliphatic heterocycles. The molecule has 0 aliphatic carbocycles. The standard InChI is InChI=1S/C15H16FN3O/c1-3-17-11-7-8-14(18-9-11)15(20)19-13-6-4-5-12(16)10(13)2/h4-9,17H,3H2,1-2H3,(H,19,20). The maximum absolute atomic E-state index is 13.4. The van der Waals surface area contributed by atoms with Crippen LogP contribution in [-0.4, -0.2) is 17.4 Å². The highest BCUT2D eigenvalue weighted by Crippen LogP contribution is 2.18. The maximum atomic E-state index is 13.4. The molecule has 1 aromatic carbocycles. The molecule has 1 aromatic heterocycles. The lowest BCUT2D eigenvalue weighted by Gasteiger charge is -2.09. The lowest BCUT2D eigenvalue weighted by Crippen LogP contribution is -2.14. The summed E-state index contributed by atoms with van der Waals surface area (Å²) in [5, 5.41) is 5.75. The number of hydrogen-bond donors (Lipinski definition) is 2. The number of carbonyl (C=O) groups excluding carboxylic acids is 1. The topological polar surface area (TPSA) is 54.0 Å². The first-order valence-electron chi connectivity index (χ1n) is 6.38. The van der Waals surface area contributed by atoms with Gasteiger partial charge in [0.25, 0.3) is 5.91 Å². The average Bonchev–Trinajstić information content (AvgIpc) is 2.45. The van der Waals surface area contributed by atoms with Crippen LogP contribution in [0.25, 0.3) is 0 Å². The summed E-state index contributed by atoms with van der Waals surface area (Å²) in [6.07, 6.45) is 1.59. The van der Waals surface area contributed by atoms with E-state index in [1.807, 2.05) is 6.92 Å². The van der Waals surface area contributed by atoms with Crippen molar-refractivity contribution in [3.05, 3.63) is 53.6 Å². The molecule has 0 fully saturated rings. The maximum Gasteiger partial charge on any atom is 0.274 e. The Morgan fingerprint density at radius 1 is 1.30 bits per heavy atom. The van der Waals surface area contributed by atoms with Crippen LogP contribution in [0, 0.1) is 12.7 Å². The second kappa shape index (κ2) is 6.14. The van der Waals surface area contributed by atoms with E-state index in [-0.39, 0.29) is 17.4 Å². The van der Waals surface area contributed by atoms with E-state index in [1.54, 1.807) is 37.4 Å². The Morgan fingerprint density at radius 3 is 2.75 bits per heavy atom. The van der Waals surface area contributed by atoms with Crippen molar-refractivity contribution >= 4 is 17.3 Å². The van der Waals surface area contributed by atoms with Crippen molar-refractivity contribution < 1.29 is 9.18 Å². The van der Waals surface area contributed by atoms with Crippen molar-refractivity contribution in [2.75, 3.05) is 17.2 Å². The van der Waals surface area contributed by atoms with Gasteiger partial charge in [0.1, 0.15) is 11.5 Å². The third-order valence-corrected chi connectivity index (χ3v) is 2.89. The van der Waals surface area contributed by atoms with Crippen LogP contribution < -0.4 is 10.6 Å². The second-order valence-electron chi connectivity index (χ2n) is 4.33. The van der Waals surface area contributed by atoms with Crippen LogP contribution in [-0.2, 0) is 0 Å². The van der Waals surface area contributed by atoms with Crippen LogP contribution in [0.3, 0.4) is 0 Å². The molecule has 5 heteroatoms. The second-order valence-corrected chi connectivity index (χ2v) is 4.33. The first-order chi connectivity index (χ1) is 9.61. The molecule has 2 N–H and O–H groups in total. The number of nitrogens with one attached hydrogen (secondary N) is 2. The van der Waals surface area contributed by atoms with Crippen molar-refractivity contribution in [3.8, 4) is 0 Å². The van der Waals surface area contributed by atoms with Gasteiger partial charge in [0, 0.05) is 17.8 Å². The van der Waals surface area contributed by atoms with E-state index in [9.17, 15) is 9.18 Å². The van der Waals surface area contributed by atoms with Crippen LogP contribution in [0.5, 0.6) is 0 Å². The fourth-order valence-electron chi connectivity index (χ4n) is 1.77. The van der Waals surface area contributed by atoms with Gasteiger partial charge in [-0.3, -0.25) is 4.79 Å². The number of pyridine rings is 1.